The molecular formula is C67H79IN15O12+. The Morgan fingerprint density at radius 3 is 1.24 bits per heavy atom. The number of hydrogen-bond donors (Lipinski definition) is 9. The number of likely N-dealkylation sites (N-methyl/N-ethyl adjacent to an activating group) is 3. The Hall–Kier alpha value is -9.06. The summed E-state index contributed by atoms with van der Waals surface area (Å²) in [5.41, 5.74) is 16.4. The summed E-state index contributed by atoms with van der Waals surface area (Å²) in [5.74, 6) is 11.5. The van der Waals surface area contributed by atoms with Crippen LogP contribution in [0.15, 0.2) is 55.0 Å². The fourth-order valence-corrected chi connectivity index (χ4v) is 12.2. The summed E-state index contributed by atoms with van der Waals surface area (Å²) in [6, 6.07) is 10.5. The number of amides is 6. The number of nitrogens with zero attached hydrogens (tertiary/aromatic N) is 12. The highest BCUT2D eigenvalue weighted by molar-refractivity contribution is 14.1. The minimum absolute atomic E-state index is 0. The van der Waals surface area contributed by atoms with Gasteiger partial charge in [0, 0.05) is 109 Å². The number of aromatic nitrogens is 9. The lowest BCUT2D eigenvalue weighted by atomic mass is 9.74. The second-order valence-corrected chi connectivity index (χ2v) is 27.7. The summed E-state index contributed by atoms with van der Waals surface area (Å²) in [6.07, 6.45) is 12.8. The smallest absolute Gasteiger partial charge is 0.392 e. The maximum absolute atomic E-state index is 12.1. The number of hydrogen-bond acceptors (Lipinski definition) is 18. The van der Waals surface area contributed by atoms with Crippen molar-refractivity contribution in [2.45, 2.75) is 142 Å². The van der Waals surface area contributed by atoms with E-state index in [9.17, 15) is 59.4 Å². The van der Waals surface area contributed by atoms with Crippen molar-refractivity contribution >= 4 is 64.2 Å². The van der Waals surface area contributed by atoms with E-state index in [0.29, 0.717) is 84.9 Å². The molecule has 3 aliphatic carbocycles. The van der Waals surface area contributed by atoms with Crippen LogP contribution in [0.2, 0.25) is 0 Å². The third kappa shape index (κ3) is 14.5. The van der Waals surface area contributed by atoms with Gasteiger partial charge in [-0.15, -0.1) is 6.42 Å². The van der Waals surface area contributed by atoms with Crippen LogP contribution in [-0.4, -0.2) is 200 Å². The van der Waals surface area contributed by atoms with E-state index in [-0.39, 0.29) is 61.5 Å². The fourth-order valence-electron chi connectivity index (χ4n) is 11.7. The molecule has 12 rings (SSSR count). The molecule has 12 N–H and O–H groups in total. The van der Waals surface area contributed by atoms with Crippen LogP contribution in [0, 0.1) is 55.8 Å². The Labute approximate surface area is 563 Å². The Morgan fingerprint density at radius 2 is 0.937 bits per heavy atom. The minimum atomic E-state index is -1.75. The number of carbonyl (C=O) groups excluding carboxylic acids is 6. The van der Waals surface area contributed by atoms with Gasteiger partial charge in [0.25, 0.3) is 35.1 Å². The second kappa shape index (κ2) is 27.0. The molecule has 95 heavy (non-hydrogen) atoms. The van der Waals surface area contributed by atoms with E-state index in [4.69, 9.17) is 23.6 Å². The van der Waals surface area contributed by atoms with Gasteiger partial charge in [-0.05, 0) is 100 Å². The number of terminal acetylenes is 1. The van der Waals surface area contributed by atoms with Crippen molar-refractivity contribution in [3.8, 4) is 53.5 Å². The molecule has 2 fully saturated rings. The number of nitrogens with two attached hydrogens (primary N) is 3. The molecule has 6 amide bonds. The average molecular weight is 1410 g/mol. The first-order valence-electron chi connectivity index (χ1n) is 30.1. The summed E-state index contributed by atoms with van der Waals surface area (Å²) in [5, 5.41) is 74.7. The van der Waals surface area contributed by atoms with Gasteiger partial charge in [0.1, 0.15) is 7.05 Å². The first kappa shape index (κ1) is 71.8. The van der Waals surface area contributed by atoms with Crippen molar-refractivity contribution in [3.63, 3.8) is 0 Å². The Balaban J connectivity index is 0.000000171. The van der Waals surface area contributed by atoms with E-state index in [2.05, 4.69) is 82.4 Å². The van der Waals surface area contributed by atoms with Crippen LogP contribution in [0.4, 0.5) is 0 Å². The van der Waals surface area contributed by atoms with Crippen molar-refractivity contribution in [2.75, 3.05) is 34.2 Å². The predicted octanol–water partition coefficient (Wildman–Crippen LogP) is 0.680. The van der Waals surface area contributed by atoms with Crippen molar-refractivity contribution in [3.05, 3.63) is 121 Å². The van der Waals surface area contributed by atoms with E-state index >= 15 is 0 Å². The van der Waals surface area contributed by atoms with Gasteiger partial charge in [-0.2, -0.15) is 19.9 Å². The molecule has 27 nitrogen and oxygen atoms in total. The number of likely N-dealkylation sites (tertiary alicyclic amines) is 2. The molecule has 2 saturated heterocycles. The van der Waals surface area contributed by atoms with Crippen molar-refractivity contribution in [2.24, 2.45) is 33.4 Å². The third-order valence-corrected chi connectivity index (χ3v) is 18.7. The van der Waals surface area contributed by atoms with E-state index in [1.165, 1.54) is 14.4 Å². The highest BCUT2D eigenvalue weighted by atomic mass is 127. The maximum atomic E-state index is 12.1. The van der Waals surface area contributed by atoms with Gasteiger partial charge in [0.15, 0.2) is 40.7 Å². The molecule has 6 atom stereocenters. The van der Waals surface area contributed by atoms with Gasteiger partial charge < -0.3 is 57.6 Å². The molecule has 0 saturated carbocycles. The molecule has 28 heteroatoms. The number of fused-ring (bicyclic) bond motifs is 3. The van der Waals surface area contributed by atoms with E-state index < -0.39 is 75.5 Å². The number of halogens is 1. The first-order valence-corrected chi connectivity index (χ1v) is 31.1. The maximum Gasteiger partial charge on any atom is 0.431 e. The van der Waals surface area contributed by atoms with Crippen LogP contribution in [0.3, 0.4) is 0 Å². The van der Waals surface area contributed by atoms with Crippen LogP contribution in [0.5, 0.6) is 0 Å². The number of pyridine rings is 3. The minimum Gasteiger partial charge on any atom is -0.392 e. The van der Waals surface area contributed by atoms with Crippen molar-refractivity contribution < 1.29 is 64.0 Å². The Morgan fingerprint density at radius 1 is 0.589 bits per heavy atom. The molecule has 500 valence electrons. The van der Waals surface area contributed by atoms with Gasteiger partial charge in [0.2, 0.25) is 11.2 Å². The van der Waals surface area contributed by atoms with Gasteiger partial charge in [-0.1, -0.05) is 72.7 Å². The topological polar surface area (TPSA) is 403 Å². The molecule has 6 aromatic rings. The average Bonchev–Trinajstić information content (AvgIpc) is 1.64. The Bertz CT molecular complexity index is 4160. The van der Waals surface area contributed by atoms with Gasteiger partial charge in [-0.3, -0.25) is 24.0 Å². The molecule has 0 spiro atoms. The number of primary amides is 3. The molecule has 6 aromatic heterocycles. The van der Waals surface area contributed by atoms with Gasteiger partial charge in [-0.25, -0.2) is 33.8 Å². The second-order valence-electron chi connectivity index (χ2n) is 26.4. The van der Waals surface area contributed by atoms with E-state index in [1.54, 1.807) is 84.3 Å². The van der Waals surface area contributed by atoms with Crippen LogP contribution in [0.1, 0.15) is 145 Å². The van der Waals surface area contributed by atoms with Crippen LogP contribution in [0.25, 0.3) is 17.5 Å². The lowest BCUT2D eigenvalue weighted by Gasteiger charge is -2.35. The molecule has 0 aromatic carbocycles. The Kier molecular flexibility index (Phi) is 20.4. The molecule has 3 aliphatic heterocycles. The highest BCUT2D eigenvalue weighted by Gasteiger charge is 2.48. The van der Waals surface area contributed by atoms with E-state index in [1.807, 2.05) is 53.7 Å². The van der Waals surface area contributed by atoms with Crippen molar-refractivity contribution in [1.29, 1.82) is 0 Å². The summed E-state index contributed by atoms with van der Waals surface area (Å²) in [6.45, 7) is 12.8. The normalized spacial score (nSPS) is 23.9. The molecule has 1 unspecified atom stereocenters. The lowest BCUT2D eigenvalue weighted by Crippen LogP contribution is -2.38. The summed E-state index contributed by atoms with van der Waals surface area (Å²) < 4.78 is 7.17. The predicted molar refractivity (Wildman–Crippen MR) is 354 cm³/mol. The van der Waals surface area contributed by atoms with E-state index in [0.717, 1.165) is 26.2 Å². The lowest BCUT2D eigenvalue weighted by molar-refractivity contribution is -0.414. The van der Waals surface area contributed by atoms with Crippen LogP contribution < -0.4 is 17.2 Å². The van der Waals surface area contributed by atoms with Crippen LogP contribution >= 0.6 is 22.6 Å². The number of rotatable bonds is 6. The summed E-state index contributed by atoms with van der Waals surface area (Å²) >= 11 is 2.21. The summed E-state index contributed by atoms with van der Waals surface area (Å²) in [4.78, 5) is 86.8. The quantitative estimate of drug-likeness (QED) is 0.0629. The number of carbonyl (C=O) groups is 6. The van der Waals surface area contributed by atoms with Gasteiger partial charge in [0.05, 0.1) is 41.8 Å². The molecule has 9 heterocycles. The zero-order chi connectivity index (χ0) is 68.9. The van der Waals surface area contributed by atoms with Crippen LogP contribution in [-0.2, 0) is 52.9 Å². The first-order chi connectivity index (χ1) is 43.9. The van der Waals surface area contributed by atoms with Gasteiger partial charge >= 0.3 is 5.91 Å². The zero-order valence-corrected chi connectivity index (χ0v) is 55.6. The fraction of sp³-hybridized carbons (Fsp3) is 0.448. The number of aliphatic hydroxyl groups is 6. The summed E-state index contributed by atoms with van der Waals surface area (Å²) in [7, 11) is 4.82. The standard InChI is InChI=1S/C22H25N5O4.C22H23N5O4.C15H17IN4O2.C7H9NO2.CH4/c2*1-21(2)12-15-14(11-16(21)28)18(19(23)29)25-27(15)17-10-13(5-8-24-17)4-6-22(31)7-9-26(3)20(22)30;1-15(2)7-10-9(6-11(15)21)13(14(17)22)19-20(10)12-5-8(16)3-4-18-12;1-3-7(10)4-5-8(2)6(7)9;/h5,8,10,16,28,31H,7,9,11-12H2,1-3H3,(H2,23,29);5,8-10,16,28,31H,7,11-12H2,1-3H3,(H-,23,29);3-5,11,21H,6-7H2,1-2H3,(H2,17,22);1,10H,4-5H2,2H3;1H4/p+1/t16-,22-;16-,22+;;7-;/m01.0./s1. The molecule has 6 aliphatic rings. The van der Waals surface area contributed by atoms with Crippen molar-refractivity contribution in [1.82, 2.24) is 54.1 Å². The molecule has 0 bridgehead atoms. The number of aliphatic hydroxyl groups excluding tert-OH is 3. The highest BCUT2D eigenvalue weighted by Crippen LogP contribution is 2.40. The zero-order valence-electron chi connectivity index (χ0n) is 53.5. The SMILES string of the molecule is C.C#C[C@]1(O)CCN(C)C1=O.CC1(C)Cc2c(c(C(N)=O)nn2-c2cc(I)ccn2)CC1O.CN1CC[C@@](O)(C#Cc2ccnc(-n3nc(C(N)=O)c4c3CC(C)(C)[C@@H](O)C4)c2)C1=O.C[N+]1=CC[C@@](O)(C#Cc2ccnc(-n3nc(C(N)=O)c4c3CC(C)(C)[C@H](O)C4)c2)C1=O. The largest absolute Gasteiger partial charge is 0.431 e. The molecule has 0 radical (unpaired) electrons. The molecular weight excluding hydrogens is 1330 g/mol. The third-order valence-electron chi connectivity index (χ3n) is 18.0. The monoisotopic (exact) mass is 1410 g/mol.